The van der Waals surface area contributed by atoms with Crippen LogP contribution < -0.4 is 40.4 Å². The number of carbonyl (C=O) groups excluding carboxylic acids is 2. The molecule has 0 aromatic heterocycles. The van der Waals surface area contributed by atoms with Crippen molar-refractivity contribution in [3.63, 3.8) is 0 Å². The van der Waals surface area contributed by atoms with Gasteiger partial charge in [-0.25, -0.2) is 0 Å². The number of hydrogen-bond donors (Lipinski definition) is 3. The van der Waals surface area contributed by atoms with Gasteiger partial charge in [0.2, 0.25) is 6.16 Å². The summed E-state index contributed by atoms with van der Waals surface area (Å²) in [6.07, 6.45) is 2.60. The summed E-state index contributed by atoms with van der Waals surface area (Å²) in [5.74, 6) is -0.709. The topological polar surface area (TPSA) is 184 Å². The van der Waals surface area contributed by atoms with Gasteiger partial charge in [0.05, 0.1) is 19.6 Å². The molecule has 31 heavy (non-hydrogen) atoms. The van der Waals surface area contributed by atoms with Gasteiger partial charge in [-0.15, -0.1) is 0 Å². The van der Waals surface area contributed by atoms with Crippen LogP contribution in [0.3, 0.4) is 0 Å². The van der Waals surface area contributed by atoms with Gasteiger partial charge in [0.1, 0.15) is 11.5 Å². The molecule has 12 heteroatoms. The van der Waals surface area contributed by atoms with E-state index in [1.54, 1.807) is 30.3 Å². The summed E-state index contributed by atoms with van der Waals surface area (Å²) in [7, 11) is -3.88. The Morgan fingerprint density at radius 3 is 2.06 bits per heavy atom. The molecule has 0 amide bonds. The molecule has 0 aliphatic carbocycles. The van der Waals surface area contributed by atoms with E-state index in [0.717, 1.165) is 12.8 Å². The predicted octanol–water partition coefficient (Wildman–Crippen LogP) is -1.62. The van der Waals surface area contributed by atoms with E-state index >= 15 is 0 Å². The fraction of sp³-hybridized carbons (Fsp3) is 0.526. The monoisotopic (exact) mass is 471 g/mol. The second kappa shape index (κ2) is 21.7. The van der Waals surface area contributed by atoms with Crippen LogP contribution in [0.4, 0.5) is 4.79 Å². The van der Waals surface area contributed by atoms with E-state index < -0.39 is 16.3 Å². The summed E-state index contributed by atoms with van der Waals surface area (Å²) in [6.45, 7) is 2.60. The molecule has 0 aliphatic heterocycles. The van der Waals surface area contributed by atoms with E-state index in [1.807, 2.05) is 0 Å². The summed E-state index contributed by atoms with van der Waals surface area (Å²) in [6, 6.07) is 8.52. The number of unbranched alkanes of at least 4 members (excludes halogenated alkanes) is 3. The molecule has 0 radical (unpaired) electrons. The maximum Gasteiger partial charge on any atom is 1.00 e. The van der Waals surface area contributed by atoms with Crippen molar-refractivity contribution in [1.29, 1.82) is 0 Å². The first-order valence-electron chi connectivity index (χ1n) is 9.28. The molecular formula is C19H30NNaO9S. The number of benzene rings is 1. The van der Waals surface area contributed by atoms with Crippen LogP contribution in [0.1, 0.15) is 51.0 Å². The van der Waals surface area contributed by atoms with Crippen molar-refractivity contribution in [3.8, 4) is 0 Å². The van der Waals surface area contributed by atoms with Crippen molar-refractivity contribution in [2.75, 3.05) is 13.2 Å². The Balaban J connectivity index is -0.000000430. The number of rotatable bonds is 11. The second-order valence-corrected chi connectivity index (χ2v) is 7.45. The maximum absolute atomic E-state index is 11.1. The second-order valence-electron chi connectivity index (χ2n) is 6.00. The number of esters is 1. The minimum absolute atomic E-state index is 0. The van der Waals surface area contributed by atoms with Crippen LogP contribution in [0.15, 0.2) is 30.3 Å². The van der Waals surface area contributed by atoms with Gasteiger partial charge in [-0.3, -0.25) is 14.1 Å². The van der Waals surface area contributed by atoms with E-state index in [2.05, 4.69) is 6.92 Å². The Hall–Kier alpha value is -1.50. The molecule has 0 heterocycles. The summed E-state index contributed by atoms with van der Waals surface area (Å²) in [4.78, 5) is 30.3. The molecule has 0 spiro atoms. The summed E-state index contributed by atoms with van der Waals surface area (Å²) in [5, 5.41) is 15.3. The summed E-state index contributed by atoms with van der Waals surface area (Å²) < 4.78 is 34.1. The minimum Gasteiger partial charge on any atom is -0.565 e. The van der Waals surface area contributed by atoms with Crippen LogP contribution in [-0.2, 0) is 30.2 Å². The van der Waals surface area contributed by atoms with Crippen molar-refractivity contribution >= 4 is 28.0 Å². The number of hydrogen-bond acceptors (Lipinski definition) is 8. The third kappa shape index (κ3) is 30.8. The van der Waals surface area contributed by atoms with Crippen molar-refractivity contribution in [2.24, 2.45) is 5.73 Å². The molecule has 4 N–H and O–H groups in total. The maximum atomic E-state index is 11.1. The largest absolute Gasteiger partial charge is 1.00 e. The molecule has 0 saturated heterocycles. The molecule has 172 valence electrons. The Kier molecular flexibility index (Phi) is 23.9. The molecule has 0 aliphatic rings. The average Bonchev–Trinajstić information content (AvgIpc) is 2.65. The minimum atomic E-state index is -3.88. The number of Topliss-reactive ketones (excluding diaryl/α,β-unsaturated/α-hetero) is 1. The number of nitrogens with two attached hydrogens (primary N) is 1. The molecule has 0 unspecified atom stereocenters. The van der Waals surface area contributed by atoms with Crippen molar-refractivity contribution in [1.82, 2.24) is 0 Å². The van der Waals surface area contributed by atoms with Crippen LogP contribution in [0, 0.1) is 0 Å². The van der Waals surface area contributed by atoms with E-state index in [4.69, 9.17) is 30.0 Å². The van der Waals surface area contributed by atoms with E-state index in [0.29, 0.717) is 12.2 Å². The summed E-state index contributed by atoms with van der Waals surface area (Å²) >= 11 is 0. The molecule has 0 fully saturated rings. The smallest absolute Gasteiger partial charge is 0.565 e. The van der Waals surface area contributed by atoms with E-state index in [1.165, 1.54) is 12.8 Å². The number of ether oxygens (including phenoxy) is 1. The van der Waals surface area contributed by atoms with Gasteiger partial charge in [-0.2, -0.15) is 8.42 Å². The van der Waals surface area contributed by atoms with E-state index in [-0.39, 0.29) is 66.4 Å². The zero-order valence-electron chi connectivity index (χ0n) is 18.0. The normalized spacial score (nSPS) is 9.65. The van der Waals surface area contributed by atoms with Crippen molar-refractivity contribution in [2.45, 2.75) is 51.2 Å². The fourth-order valence-electron chi connectivity index (χ4n) is 1.92. The average molecular weight is 472 g/mol. The Bertz CT molecular complexity index is 708. The first-order chi connectivity index (χ1) is 14.0. The van der Waals surface area contributed by atoms with Crippen LogP contribution in [0.25, 0.3) is 0 Å². The van der Waals surface area contributed by atoms with Crippen LogP contribution in [-0.4, -0.2) is 49.1 Å². The number of carbonyl (C=O) groups is 3. The molecule has 10 nitrogen and oxygen atoms in total. The van der Waals surface area contributed by atoms with E-state index in [9.17, 15) is 18.0 Å². The van der Waals surface area contributed by atoms with Gasteiger partial charge in [0, 0.05) is 6.42 Å². The van der Waals surface area contributed by atoms with Crippen LogP contribution in [0.2, 0.25) is 0 Å². The van der Waals surface area contributed by atoms with Gasteiger partial charge >= 0.3 is 35.5 Å². The molecule has 0 saturated carbocycles. The first kappa shape index (κ1) is 34.1. The molecule has 0 atom stereocenters. The standard InChI is InChI=1S/C11H21NO3.C7H8O3S.CH2O3.Na/c1-2-3-4-5-8-15-11(14)7-6-10(13)9-12;8-11(9,10)6-7-4-2-1-3-5-7;2-1(3)4;/h2-9,12H2,1H3;1-5H,6H2,(H,8,9,10);(H2,2,3,4);/q;;;+1/p-1. The molecular weight excluding hydrogens is 441 g/mol. The Labute approximate surface area is 205 Å². The number of ketones is 1. The number of carboxylic acid groups (broad SMARTS) is 2. The van der Waals surface area contributed by atoms with Gasteiger partial charge in [-0.1, -0.05) is 56.5 Å². The molecule has 0 bridgehead atoms. The quantitative estimate of drug-likeness (QED) is 0.147. The third-order valence-corrected chi connectivity index (χ3v) is 3.99. The zero-order chi connectivity index (χ0) is 23.4. The summed E-state index contributed by atoms with van der Waals surface area (Å²) in [5.41, 5.74) is 5.70. The van der Waals surface area contributed by atoms with Crippen LogP contribution in [0.5, 0.6) is 0 Å². The van der Waals surface area contributed by atoms with Gasteiger partial charge in [-0.05, 0) is 12.0 Å². The van der Waals surface area contributed by atoms with Crippen molar-refractivity contribution in [3.05, 3.63) is 35.9 Å². The van der Waals surface area contributed by atoms with Crippen LogP contribution >= 0.6 is 0 Å². The predicted molar refractivity (Wildman–Crippen MR) is 108 cm³/mol. The molecule has 1 aromatic rings. The van der Waals surface area contributed by atoms with Crippen molar-refractivity contribution < 1.29 is 71.9 Å². The third-order valence-electron chi connectivity index (χ3n) is 3.29. The molecule has 1 aromatic carbocycles. The zero-order valence-corrected chi connectivity index (χ0v) is 20.8. The fourth-order valence-corrected chi connectivity index (χ4v) is 2.53. The SMILES string of the molecule is CCCCCCOC(=O)CCC(=O)CN.O=C([O-])O.O=S(=O)(O)Cc1ccccc1.[Na+]. The Morgan fingerprint density at radius 2 is 1.61 bits per heavy atom. The van der Waals surface area contributed by atoms with Gasteiger partial charge in [0.25, 0.3) is 10.1 Å². The van der Waals surface area contributed by atoms with Gasteiger partial charge < -0.3 is 25.5 Å². The van der Waals surface area contributed by atoms with Gasteiger partial charge in [0.15, 0.2) is 0 Å². The Morgan fingerprint density at radius 1 is 1.06 bits per heavy atom. The molecule has 1 rings (SSSR count). The first-order valence-corrected chi connectivity index (χ1v) is 10.9.